The summed E-state index contributed by atoms with van der Waals surface area (Å²) < 4.78 is 5.34. The fraction of sp³-hybridized carbons (Fsp3) is 0.929. The molecule has 0 atom stereocenters. The Balaban J connectivity index is 1.95. The number of carbonyl (C=O) groups excluding carboxylic acids is 1. The van der Waals surface area contributed by atoms with Crippen LogP contribution >= 0.6 is 0 Å². The van der Waals surface area contributed by atoms with Gasteiger partial charge in [-0.05, 0) is 25.9 Å². The van der Waals surface area contributed by atoms with E-state index >= 15 is 0 Å². The van der Waals surface area contributed by atoms with E-state index in [0.29, 0.717) is 13.2 Å². The van der Waals surface area contributed by atoms with Gasteiger partial charge in [-0.15, -0.1) is 0 Å². The normalized spacial score (nSPS) is 23.8. The maximum Gasteiger partial charge on any atom is 0.231 e. The molecule has 0 aromatic heterocycles. The molecule has 0 aromatic rings. The number of nitrogens with zero attached hydrogens (tertiary/aromatic N) is 2. The molecular formula is C14H27N3O3. The van der Waals surface area contributed by atoms with Crippen LogP contribution in [-0.2, 0) is 9.53 Å². The van der Waals surface area contributed by atoms with Gasteiger partial charge in [0, 0.05) is 39.8 Å². The van der Waals surface area contributed by atoms with Crippen LogP contribution in [0.25, 0.3) is 0 Å². The van der Waals surface area contributed by atoms with Crippen LogP contribution in [0.1, 0.15) is 12.8 Å². The Morgan fingerprint density at radius 3 is 2.45 bits per heavy atom. The first-order valence-corrected chi connectivity index (χ1v) is 7.54. The summed E-state index contributed by atoms with van der Waals surface area (Å²) in [6.07, 6.45) is 1.72. The van der Waals surface area contributed by atoms with Crippen molar-refractivity contribution in [3.05, 3.63) is 0 Å². The quantitative estimate of drug-likeness (QED) is 0.688. The molecule has 2 N–H and O–H groups in total. The number of hydrogen-bond donors (Lipinski definition) is 2. The number of aliphatic hydroxyl groups is 1. The molecule has 0 radical (unpaired) electrons. The van der Waals surface area contributed by atoms with E-state index in [2.05, 4.69) is 10.2 Å². The third-order valence-electron chi connectivity index (χ3n) is 4.51. The summed E-state index contributed by atoms with van der Waals surface area (Å²) in [6.45, 7) is 6.42. The highest BCUT2D eigenvalue weighted by atomic mass is 16.5. The van der Waals surface area contributed by atoms with Gasteiger partial charge in [-0.1, -0.05) is 0 Å². The lowest BCUT2D eigenvalue weighted by Gasteiger charge is -2.42. The maximum atomic E-state index is 12.9. The van der Waals surface area contributed by atoms with Crippen LogP contribution in [0.2, 0.25) is 0 Å². The highest BCUT2D eigenvalue weighted by Crippen LogP contribution is 2.32. The van der Waals surface area contributed by atoms with Crippen LogP contribution in [0.5, 0.6) is 0 Å². The lowest BCUT2D eigenvalue weighted by Crippen LogP contribution is -2.56. The predicted molar refractivity (Wildman–Crippen MR) is 76.5 cm³/mol. The largest absolute Gasteiger partial charge is 0.395 e. The highest BCUT2D eigenvalue weighted by Gasteiger charge is 2.42. The molecule has 0 spiro atoms. The minimum Gasteiger partial charge on any atom is -0.395 e. The number of β-amino-alcohol motifs (C(OH)–C–C–N with tert-alkyl or cyclic N) is 1. The van der Waals surface area contributed by atoms with E-state index in [-0.39, 0.29) is 17.9 Å². The molecule has 1 amide bonds. The third-order valence-corrected chi connectivity index (χ3v) is 4.51. The summed E-state index contributed by atoms with van der Waals surface area (Å²) in [4.78, 5) is 17.1. The van der Waals surface area contributed by atoms with Gasteiger partial charge in [0.05, 0.1) is 18.6 Å². The summed E-state index contributed by atoms with van der Waals surface area (Å²) in [5, 5.41) is 12.3. The summed E-state index contributed by atoms with van der Waals surface area (Å²) in [6, 6.07) is 0. The van der Waals surface area contributed by atoms with Crippen LogP contribution < -0.4 is 5.32 Å². The first-order chi connectivity index (χ1) is 9.72. The van der Waals surface area contributed by atoms with Crippen molar-refractivity contribution in [2.75, 3.05) is 66.1 Å². The molecule has 0 aliphatic carbocycles. The zero-order chi connectivity index (χ0) is 14.4. The van der Waals surface area contributed by atoms with Crippen LogP contribution in [-0.4, -0.2) is 87.0 Å². The number of nitrogens with one attached hydrogen (secondary N) is 1. The fourth-order valence-electron chi connectivity index (χ4n) is 3.25. The Morgan fingerprint density at radius 1 is 1.25 bits per heavy atom. The Kier molecular flexibility index (Phi) is 5.77. The van der Waals surface area contributed by atoms with Crippen molar-refractivity contribution in [1.82, 2.24) is 15.1 Å². The molecule has 2 rings (SSSR count). The van der Waals surface area contributed by atoms with Crippen molar-refractivity contribution in [3.63, 3.8) is 0 Å². The molecule has 0 unspecified atom stereocenters. The first-order valence-electron chi connectivity index (χ1n) is 7.54. The number of rotatable bonds is 5. The molecule has 116 valence electrons. The second-order valence-corrected chi connectivity index (χ2v) is 5.82. The van der Waals surface area contributed by atoms with E-state index in [0.717, 1.165) is 52.1 Å². The number of amides is 1. The minimum absolute atomic E-state index is 0.188. The molecule has 2 heterocycles. The molecule has 0 saturated carbocycles. The van der Waals surface area contributed by atoms with E-state index in [9.17, 15) is 4.79 Å². The smallest absolute Gasteiger partial charge is 0.231 e. The van der Waals surface area contributed by atoms with E-state index in [1.54, 1.807) is 7.11 Å². The third kappa shape index (κ3) is 3.49. The number of hydrogen-bond acceptors (Lipinski definition) is 5. The maximum absolute atomic E-state index is 12.9. The second-order valence-electron chi connectivity index (χ2n) is 5.82. The van der Waals surface area contributed by atoms with E-state index in [1.165, 1.54) is 0 Å². The average Bonchev–Trinajstić information content (AvgIpc) is 2.49. The van der Waals surface area contributed by atoms with Crippen LogP contribution in [0.4, 0.5) is 0 Å². The minimum atomic E-state index is -0.334. The summed E-state index contributed by atoms with van der Waals surface area (Å²) in [5.74, 6) is 0.254. The molecule has 6 nitrogen and oxygen atoms in total. The Hall–Kier alpha value is -0.690. The predicted octanol–water partition coefficient (Wildman–Crippen LogP) is -0.861. The monoisotopic (exact) mass is 285 g/mol. The Labute approximate surface area is 121 Å². The highest BCUT2D eigenvalue weighted by molar-refractivity contribution is 5.83. The van der Waals surface area contributed by atoms with Crippen LogP contribution in [0.15, 0.2) is 0 Å². The molecule has 0 bridgehead atoms. The van der Waals surface area contributed by atoms with E-state index < -0.39 is 0 Å². The standard InChI is InChI=1S/C14H27N3O3/c1-20-12-14(2-4-15-5-3-14)13(19)17-8-6-16(7-9-17)10-11-18/h15,18H,2-12H2,1H3. The SMILES string of the molecule is COCC1(C(=O)N2CCN(CCO)CC2)CCNCC1. The summed E-state index contributed by atoms with van der Waals surface area (Å²) in [7, 11) is 1.68. The molecule has 2 saturated heterocycles. The van der Waals surface area contributed by atoms with Gasteiger partial charge in [-0.2, -0.15) is 0 Å². The molecule has 6 heteroatoms. The topological polar surface area (TPSA) is 65.0 Å². The van der Waals surface area contributed by atoms with Crippen molar-refractivity contribution in [3.8, 4) is 0 Å². The Morgan fingerprint density at radius 2 is 1.90 bits per heavy atom. The number of piperazine rings is 1. The van der Waals surface area contributed by atoms with Gasteiger partial charge in [0.1, 0.15) is 0 Å². The average molecular weight is 285 g/mol. The molecule has 20 heavy (non-hydrogen) atoms. The van der Waals surface area contributed by atoms with Gasteiger partial charge in [-0.3, -0.25) is 9.69 Å². The van der Waals surface area contributed by atoms with Gasteiger partial charge in [0.25, 0.3) is 0 Å². The number of methoxy groups -OCH3 is 1. The van der Waals surface area contributed by atoms with Gasteiger partial charge >= 0.3 is 0 Å². The fourth-order valence-corrected chi connectivity index (χ4v) is 3.25. The van der Waals surface area contributed by atoms with E-state index in [1.807, 2.05) is 4.90 Å². The van der Waals surface area contributed by atoms with Crippen molar-refractivity contribution in [2.45, 2.75) is 12.8 Å². The van der Waals surface area contributed by atoms with Gasteiger partial charge in [-0.25, -0.2) is 0 Å². The van der Waals surface area contributed by atoms with E-state index in [4.69, 9.17) is 9.84 Å². The molecule has 2 fully saturated rings. The number of ether oxygens (including phenoxy) is 1. The number of piperidine rings is 1. The lowest BCUT2D eigenvalue weighted by molar-refractivity contribution is -0.149. The molecule has 2 aliphatic rings. The first kappa shape index (κ1) is 15.7. The molecule has 0 aromatic carbocycles. The van der Waals surface area contributed by atoms with Crippen molar-refractivity contribution < 1.29 is 14.6 Å². The van der Waals surface area contributed by atoms with Crippen LogP contribution in [0, 0.1) is 5.41 Å². The van der Waals surface area contributed by atoms with Crippen molar-refractivity contribution >= 4 is 5.91 Å². The molecule has 2 aliphatic heterocycles. The zero-order valence-corrected chi connectivity index (χ0v) is 12.4. The second kappa shape index (κ2) is 7.36. The Bertz CT molecular complexity index is 305. The number of carbonyl (C=O) groups is 1. The van der Waals surface area contributed by atoms with Gasteiger partial charge in [0.2, 0.25) is 5.91 Å². The number of aliphatic hydroxyl groups excluding tert-OH is 1. The molecular weight excluding hydrogens is 258 g/mol. The van der Waals surface area contributed by atoms with Crippen molar-refractivity contribution in [2.24, 2.45) is 5.41 Å². The van der Waals surface area contributed by atoms with Gasteiger partial charge in [0.15, 0.2) is 0 Å². The van der Waals surface area contributed by atoms with Crippen LogP contribution in [0.3, 0.4) is 0 Å². The summed E-state index contributed by atoms with van der Waals surface area (Å²) in [5.41, 5.74) is -0.334. The zero-order valence-electron chi connectivity index (χ0n) is 12.4. The van der Waals surface area contributed by atoms with Gasteiger partial charge < -0.3 is 20.1 Å². The van der Waals surface area contributed by atoms with Crippen molar-refractivity contribution in [1.29, 1.82) is 0 Å². The summed E-state index contributed by atoms with van der Waals surface area (Å²) >= 11 is 0. The lowest BCUT2D eigenvalue weighted by atomic mass is 9.78.